The number of carbonyl (C=O) groups excluding carboxylic acids is 4. The van der Waals surface area contributed by atoms with Crippen molar-refractivity contribution in [2.75, 3.05) is 101 Å². The summed E-state index contributed by atoms with van der Waals surface area (Å²) in [6.45, 7) is 5.52. The minimum absolute atomic E-state index is 0.000830. The first-order chi connectivity index (χ1) is 31.9. The van der Waals surface area contributed by atoms with E-state index in [1.54, 1.807) is 45.2 Å². The number of fused-ring (bicyclic) bond motifs is 4. The quantitative estimate of drug-likeness (QED) is 0.106. The van der Waals surface area contributed by atoms with E-state index in [2.05, 4.69) is 5.32 Å². The van der Waals surface area contributed by atoms with Gasteiger partial charge in [0.25, 0.3) is 0 Å². The molecule has 5 aliphatic rings. The first-order valence-corrected chi connectivity index (χ1v) is 22.1. The van der Waals surface area contributed by atoms with Gasteiger partial charge in [-0.1, -0.05) is 0 Å². The third-order valence-corrected chi connectivity index (χ3v) is 12.0. The molecular formula is C45H60N2O19. The fraction of sp³-hybridized carbons (Fsp3) is 0.644. The third-order valence-electron chi connectivity index (χ3n) is 12.0. The normalized spacial score (nSPS) is 27.3. The zero-order valence-electron chi connectivity index (χ0n) is 37.8. The summed E-state index contributed by atoms with van der Waals surface area (Å²) in [5, 5.41) is 25.3. The number of Topliss-reactive ketones (excluding diaryl/α,β-unsaturated/α-hetero) is 2. The second-order valence-corrected chi connectivity index (χ2v) is 16.6. The smallest absolute Gasteiger partial charge is 0.415 e. The van der Waals surface area contributed by atoms with Gasteiger partial charge in [0.15, 0.2) is 41.4 Å². The van der Waals surface area contributed by atoms with Gasteiger partial charge in [0.1, 0.15) is 36.8 Å². The van der Waals surface area contributed by atoms with E-state index in [-0.39, 0.29) is 81.7 Å². The lowest BCUT2D eigenvalue weighted by atomic mass is 9.66. The van der Waals surface area contributed by atoms with E-state index in [9.17, 15) is 29.4 Å². The van der Waals surface area contributed by atoms with Crippen molar-refractivity contribution in [3.8, 4) is 28.7 Å². The predicted molar refractivity (Wildman–Crippen MR) is 226 cm³/mol. The van der Waals surface area contributed by atoms with Crippen molar-refractivity contribution in [2.24, 2.45) is 11.8 Å². The van der Waals surface area contributed by atoms with Crippen molar-refractivity contribution in [1.29, 1.82) is 0 Å². The number of ketones is 2. The summed E-state index contributed by atoms with van der Waals surface area (Å²) < 4.78 is 74.9. The topological polar surface area (TPSA) is 244 Å². The van der Waals surface area contributed by atoms with Gasteiger partial charge in [-0.2, -0.15) is 0 Å². The molecule has 1 amide bonds. The number of rotatable bonds is 23. The van der Waals surface area contributed by atoms with Gasteiger partial charge < -0.3 is 86.8 Å². The number of benzene rings is 2. The summed E-state index contributed by atoms with van der Waals surface area (Å²) >= 11 is 0. The number of nitrogens with zero attached hydrogens (tertiary/aromatic N) is 1. The number of aliphatic hydroxyl groups excluding tert-OH is 2. The Kier molecular flexibility index (Phi) is 17.1. The van der Waals surface area contributed by atoms with Crippen molar-refractivity contribution in [3.63, 3.8) is 0 Å². The van der Waals surface area contributed by atoms with Crippen LogP contribution >= 0.6 is 0 Å². The van der Waals surface area contributed by atoms with Crippen LogP contribution < -0.4 is 29.0 Å². The Morgan fingerprint density at radius 2 is 1.55 bits per heavy atom. The highest BCUT2D eigenvalue weighted by Crippen LogP contribution is 2.57. The summed E-state index contributed by atoms with van der Waals surface area (Å²) in [6.07, 6.45) is -6.77. The molecule has 6 unspecified atom stereocenters. The molecule has 2 aromatic carbocycles. The fourth-order valence-electron chi connectivity index (χ4n) is 8.65. The van der Waals surface area contributed by atoms with E-state index in [1.165, 1.54) is 19.1 Å². The lowest BCUT2D eigenvalue weighted by molar-refractivity contribution is -0.364. The lowest BCUT2D eigenvalue weighted by Crippen LogP contribution is -2.63. The first kappa shape index (κ1) is 49.2. The van der Waals surface area contributed by atoms with Gasteiger partial charge in [0.2, 0.25) is 12.5 Å². The van der Waals surface area contributed by atoms with Crippen LogP contribution in [0.1, 0.15) is 55.4 Å². The molecule has 0 bridgehead atoms. The van der Waals surface area contributed by atoms with Gasteiger partial charge in [-0.15, -0.1) is 0 Å². The molecule has 21 heteroatoms. The number of hydrogen-bond donors (Lipinski definition) is 3. The molecule has 10 atom stereocenters. The number of ether oxygens (including phenoxy) is 13. The van der Waals surface area contributed by atoms with E-state index < -0.39 is 72.9 Å². The molecule has 21 nitrogen and oxygen atoms in total. The number of nitrogens with one attached hydrogen (secondary N) is 1. The molecule has 0 spiro atoms. The third kappa shape index (κ3) is 11.5. The Bertz CT molecular complexity index is 1990. The molecule has 3 N–H and O–H groups in total. The van der Waals surface area contributed by atoms with Crippen LogP contribution in [-0.2, 0) is 52.3 Å². The maximum absolute atomic E-state index is 13.8. The highest BCUT2D eigenvalue weighted by molar-refractivity contribution is 5.82. The van der Waals surface area contributed by atoms with E-state index in [0.717, 1.165) is 0 Å². The van der Waals surface area contributed by atoms with Crippen LogP contribution in [0.5, 0.6) is 28.7 Å². The zero-order valence-corrected chi connectivity index (χ0v) is 37.8. The van der Waals surface area contributed by atoms with Crippen LogP contribution in [0.4, 0.5) is 4.79 Å². The average molecular weight is 933 g/mol. The molecule has 364 valence electrons. The Balaban J connectivity index is 0.977. The van der Waals surface area contributed by atoms with Gasteiger partial charge in [-0.25, -0.2) is 4.79 Å². The number of hydrogen-bond acceptors (Lipinski definition) is 20. The van der Waals surface area contributed by atoms with Crippen LogP contribution in [0.25, 0.3) is 0 Å². The van der Waals surface area contributed by atoms with Crippen LogP contribution in [0, 0.1) is 11.8 Å². The lowest BCUT2D eigenvalue weighted by Gasteiger charge is -2.47. The minimum atomic E-state index is -1.50. The SMILES string of the molecule is COc1cc([C@H]2c3cc4c(cc3[C@H](OC3OC5COC(C)OC5C(O)C3O)[C@@H]3COC(=O)[C@@H]23)OCO4)cc(OC)c1OC(=O)N(C)CCNCC(=O)COCCOCCOCCCC(C)=O. The van der Waals surface area contributed by atoms with Crippen LogP contribution in [-0.4, -0.2) is 176 Å². The maximum atomic E-state index is 13.8. The van der Waals surface area contributed by atoms with Crippen LogP contribution in [0.3, 0.4) is 0 Å². The summed E-state index contributed by atoms with van der Waals surface area (Å²) in [5.41, 5.74) is 1.80. The van der Waals surface area contributed by atoms with Crippen molar-refractivity contribution in [1.82, 2.24) is 10.2 Å². The summed E-state index contributed by atoms with van der Waals surface area (Å²) in [5.74, 6) is -1.47. The van der Waals surface area contributed by atoms with Crippen molar-refractivity contribution < 1.29 is 91.0 Å². The van der Waals surface area contributed by atoms with Crippen molar-refractivity contribution in [3.05, 3.63) is 41.0 Å². The maximum Gasteiger partial charge on any atom is 0.415 e. The molecule has 4 aliphatic heterocycles. The average Bonchev–Trinajstić information content (AvgIpc) is 3.93. The molecule has 0 saturated carbocycles. The molecule has 0 aromatic heterocycles. The van der Waals surface area contributed by atoms with Gasteiger partial charge in [0, 0.05) is 45.0 Å². The Morgan fingerprint density at radius 3 is 2.24 bits per heavy atom. The highest BCUT2D eigenvalue weighted by atomic mass is 16.8. The number of amides is 1. The summed E-state index contributed by atoms with van der Waals surface area (Å²) in [7, 11) is 4.37. The van der Waals surface area contributed by atoms with Crippen molar-refractivity contribution in [2.45, 2.75) is 75.7 Å². The molecule has 0 radical (unpaired) electrons. The summed E-state index contributed by atoms with van der Waals surface area (Å²) in [6, 6.07) is 6.88. The van der Waals surface area contributed by atoms with Crippen molar-refractivity contribution >= 4 is 23.6 Å². The van der Waals surface area contributed by atoms with Crippen LogP contribution in [0.2, 0.25) is 0 Å². The number of methoxy groups -OCH3 is 2. The Morgan fingerprint density at radius 1 is 0.864 bits per heavy atom. The zero-order chi connectivity index (χ0) is 46.9. The Labute approximate surface area is 382 Å². The molecule has 2 aromatic rings. The second-order valence-electron chi connectivity index (χ2n) is 16.6. The van der Waals surface area contributed by atoms with Gasteiger partial charge in [-0.3, -0.25) is 9.59 Å². The first-order valence-electron chi connectivity index (χ1n) is 22.1. The minimum Gasteiger partial charge on any atom is -0.493 e. The number of carbonyl (C=O) groups is 4. The molecule has 3 fully saturated rings. The van der Waals surface area contributed by atoms with E-state index >= 15 is 0 Å². The van der Waals surface area contributed by atoms with E-state index in [4.69, 9.17) is 61.6 Å². The number of esters is 1. The predicted octanol–water partition coefficient (Wildman–Crippen LogP) is 1.64. The molecular weight excluding hydrogens is 872 g/mol. The van der Waals surface area contributed by atoms with E-state index in [0.29, 0.717) is 67.5 Å². The molecule has 7 rings (SSSR count). The number of aliphatic hydroxyl groups is 2. The molecule has 66 heavy (non-hydrogen) atoms. The van der Waals surface area contributed by atoms with Gasteiger partial charge >= 0.3 is 12.1 Å². The molecule has 4 heterocycles. The van der Waals surface area contributed by atoms with Gasteiger partial charge in [0.05, 0.1) is 72.4 Å². The Hall–Kier alpha value is -4.68. The highest BCUT2D eigenvalue weighted by Gasteiger charge is 2.56. The molecule has 1 aliphatic carbocycles. The largest absolute Gasteiger partial charge is 0.493 e. The monoisotopic (exact) mass is 932 g/mol. The molecule has 3 saturated heterocycles. The number of likely N-dealkylation sites (N-methyl/N-ethyl adjacent to an activating group) is 1. The number of cyclic esters (lactones) is 1. The fourth-order valence-corrected chi connectivity index (χ4v) is 8.65. The van der Waals surface area contributed by atoms with E-state index in [1.807, 2.05) is 0 Å². The second kappa shape index (κ2) is 22.9. The summed E-state index contributed by atoms with van der Waals surface area (Å²) in [4.78, 5) is 51.8. The van der Waals surface area contributed by atoms with Gasteiger partial charge in [-0.05, 0) is 61.2 Å². The van der Waals surface area contributed by atoms with Crippen LogP contribution in [0.15, 0.2) is 24.3 Å². The standard InChI is InChI=1S/C45H60N2O19/c1-24(48)7-6-10-56-11-12-57-13-14-58-20-27(49)19-46-8-9-47(3)45(53)66-41-33(54-4)15-26(16-34(41)55-5)36-28-17-31-32(62-23-61-31)18-29(28)40(30-21-60-43(52)37(30)36)65-44-39(51)38(50)42-35(64-44)22-59-25(2)63-42/h15-18,25,30,35-40,42,44,46,50-51H,6-14,19-23H2,1-5H3/t25?,30-,35?,36+,37-,38?,39?,40+,42?,44?/m1/s1.